The minimum absolute atomic E-state index is 0.670. The smallest absolute Gasteiger partial charge is 0.224 e. The van der Waals surface area contributed by atoms with Crippen molar-refractivity contribution in [2.24, 2.45) is 0 Å². The van der Waals surface area contributed by atoms with Crippen molar-refractivity contribution in [1.29, 1.82) is 0 Å². The summed E-state index contributed by atoms with van der Waals surface area (Å²) in [5.41, 5.74) is 3.04. The van der Waals surface area contributed by atoms with E-state index < -0.39 is 0 Å². The van der Waals surface area contributed by atoms with Gasteiger partial charge in [0.1, 0.15) is 11.6 Å². The molecule has 1 aromatic carbocycles. The molecule has 0 saturated carbocycles. The Kier molecular flexibility index (Phi) is 4.37. The number of rotatable bonds is 5. The second-order valence-corrected chi connectivity index (χ2v) is 6.47. The Morgan fingerprint density at radius 3 is 2.41 bits per heavy atom. The fourth-order valence-corrected chi connectivity index (χ4v) is 2.82. The maximum Gasteiger partial charge on any atom is 0.224 e. The molecular formula is C19H20N8. The summed E-state index contributed by atoms with van der Waals surface area (Å²) in [4.78, 5) is 19.4. The topological polar surface area (TPSA) is 88.4 Å². The highest BCUT2D eigenvalue weighted by atomic mass is 15.2. The highest BCUT2D eigenvalue weighted by Gasteiger charge is 2.10. The summed E-state index contributed by atoms with van der Waals surface area (Å²) in [5, 5.41) is 7.06. The van der Waals surface area contributed by atoms with E-state index in [0.29, 0.717) is 12.4 Å². The quantitative estimate of drug-likeness (QED) is 0.588. The number of aromatic nitrogens is 7. The van der Waals surface area contributed by atoms with Gasteiger partial charge in [-0.3, -0.25) is 9.67 Å². The highest BCUT2D eigenvalue weighted by Crippen LogP contribution is 2.21. The third kappa shape index (κ3) is 3.55. The zero-order valence-electron chi connectivity index (χ0n) is 15.5. The van der Waals surface area contributed by atoms with Gasteiger partial charge in [0.15, 0.2) is 5.82 Å². The summed E-state index contributed by atoms with van der Waals surface area (Å²) < 4.78 is 2.02. The van der Waals surface area contributed by atoms with Gasteiger partial charge in [0, 0.05) is 51.0 Å². The molecule has 4 aromatic rings. The number of nitrogens with one attached hydrogen (secondary N) is 1. The van der Waals surface area contributed by atoms with Gasteiger partial charge >= 0.3 is 0 Å². The van der Waals surface area contributed by atoms with Crippen LogP contribution in [0.1, 0.15) is 17.2 Å². The molecule has 1 N–H and O–H groups in total. The molecule has 27 heavy (non-hydrogen) atoms. The first-order valence-corrected chi connectivity index (χ1v) is 8.60. The summed E-state index contributed by atoms with van der Waals surface area (Å²) in [7, 11) is 3.83. The number of hydrogen-bond acceptors (Lipinski definition) is 6. The van der Waals surface area contributed by atoms with Crippen molar-refractivity contribution in [3.8, 4) is 17.1 Å². The summed E-state index contributed by atoms with van der Waals surface area (Å²) in [6, 6.07) is 8.29. The molecule has 8 heteroatoms. The van der Waals surface area contributed by atoms with Crippen LogP contribution in [0.25, 0.3) is 17.1 Å². The van der Waals surface area contributed by atoms with Crippen molar-refractivity contribution < 1.29 is 0 Å². The third-order valence-electron chi connectivity index (χ3n) is 4.16. The van der Waals surface area contributed by atoms with Crippen LogP contribution < -0.4 is 4.90 Å². The van der Waals surface area contributed by atoms with E-state index in [1.807, 2.05) is 36.7 Å². The Morgan fingerprint density at radius 2 is 1.78 bits per heavy atom. The van der Waals surface area contributed by atoms with Gasteiger partial charge in [-0.2, -0.15) is 5.10 Å². The Bertz CT molecular complexity index is 1030. The molecule has 4 rings (SSSR count). The van der Waals surface area contributed by atoms with Crippen molar-refractivity contribution in [3.63, 3.8) is 0 Å². The van der Waals surface area contributed by atoms with E-state index >= 15 is 0 Å². The van der Waals surface area contributed by atoms with Crippen LogP contribution in [0.2, 0.25) is 0 Å². The molecule has 8 nitrogen and oxygen atoms in total. The fraction of sp³-hybridized carbons (Fsp3) is 0.211. The minimum atomic E-state index is 0.670. The third-order valence-corrected chi connectivity index (χ3v) is 4.16. The Balaban J connectivity index is 1.58. The Morgan fingerprint density at radius 1 is 1.04 bits per heavy atom. The first-order valence-electron chi connectivity index (χ1n) is 8.60. The number of H-pyrrole nitrogens is 1. The van der Waals surface area contributed by atoms with E-state index in [2.05, 4.69) is 54.4 Å². The molecule has 0 aliphatic rings. The van der Waals surface area contributed by atoms with Crippen molar-refractivity contribution in [3.05, 3.63) is 66.3 Å². The molecule has 0 saturated heterocycles. The molecule has 3 heterocycles. The Hall–Kier alpha value is -3.55. The molecule has 136 valence electrons. The van der Waals surface area contributed by atoms with Gasteiger partial charge < -0.3 is 4.90 Å². The summed E-state index contributed by atoms with van der Waals surface area (Å²) >= 11 is 0. The van der Waals surface area contributed by atoms with Crippen LogP contribution in [0.3, 0.4) is 0 Å². The maximum absolute atomic E-state index is 4.48. The van der Waals surface area contributed by atoms with E-state index in [1.165, 1.54) is 0 Å². The van der Waals surface area contributed by atoms with Crippen LogP contribution in [-0.4, -0.2) is 48.8 Å². The molecule has 0 aliphatic carbocycles. The van der Waals surface area contributed by atoms with Crippen molar-refractivity contribution in [2.75, 3.05) is 19.0 Å². The average molecular weight is 360 g/mol. The lowest BCUT2D eigenvalue weighted by Gasteiger charge is -2.11. The lowest BCUT2D eigenvalue weighted by molar-refractivity contribution is 0.967. The predicted molar refractivity (Wildman–Crippen MR) is 103 cm³/mol. The zero-order chi connectivity index (χ0) is 18.8. The van der Waals surface area contributed by atoms with Gasteiger partial charge in [0.2, 0.25) is 5.95 Å². The first kappa shape index (κ1) is 16.9. The van der Waals surface area contributed by atoms with E-state index in [4.69, 9.17) is 0 Å². The van der Waals surface area contributed by atoms with Crippen LogP contribution in [0, 0.1) is 6.92 Å². The van der Waals surface area contributed by atoms with Gasteiger partial charge in [0.25, 0.3) is 0 Å². The average Bonchev–Trinajstić information content (AvgIpc) is 3.32. The fourth-order valence-electron chi connectivity index (χ4n) is 2.82. The minimum Gasteiger partial charge on any atom is -0.347 e. The Labute approximate surface area is 157 Å². The van der Waals surface area contributed by atoms with Crippen LogP contribution >= 0.6 is 0 Å². The highest BCUT2D eigenvalue weighted by molar-refractivity contribution is 5.57. The van der Waals surface area contributed by atoms with Gasteiger partial charge in [0.05, 0.1) is 5.56 Å². The number of aryl methyl sites for hydroxylation is 1. The van der Waals surface area contributed by atoms with Gasteiger partial charge in [-0.05, 0) is 24.6 Å². The van der Waals surface area contributed by atoms with Crippen LogP contribution in [0.5, 0.6) is 0 Å². The molecule has 0 bridgehead atoms. The van der Waals surface area contributed by atoms with Gasteiger partial charge in [-0.25, -0.2) is 19.9 Å². The summed E-state index contributed by atoms with van der Waals surface area (Å²) in [6.07, 6.45) is 7.99. The SMILES string of the molecule is Cc1nc(Cc2ccc(-n3ccnc3-c3cnc(N(C)C)nc3)cc2)n[nH]1. The van der Waals surface area contributed by atoms with Gasteiger partial charge in [-0.15, -0.1) is 0 Å². The second kappa shape index (κ2) is 6.99. The molecular weight excluding hydrogens is 340 g/mol. The number of aromatic amines is 1. The summed E-state index contributed by atoms with van der Waals surface area (Å²) in [6.45, 7) is 1.90. The number of nitrogens with zero attached hydrogens (tertiary/aromatic N) is 7. The van der Waals surface area contributed by atoms with Crippen LogP contribution in [0.4, 0.5) is 5.95 Å². The molecule has 0 unspecified atom stereocenters. The normalized spacial score (nSPS) is 10.9. The molecule has 0 fully saturated rings. The lowest BCUT2D eigenvalue weighted by Crippen LogP contribution is -2.12. The predicted octanol–water partition coefficient (Wildman–Crippen LogP) is 2.41. The van der Waals surface area contributed by atoms with Crippen molar-refractivity contribution in [2.45, 2.75) is 13.3 Å². The zero-order valence-corrected chi connectivity index (χ0v) is 15.5. The molecule has 0 radical (unpaired) electrons. The van der Waals surface area contributed by atoms with E-state index in [9.17, 15) is 0 Å². The standard InChI is InChI=1S/C19H20N8/c1-13-23-17(25-24-13)10-14-4-6-16(7-5-14)27-9-8-20-18(27)15-11-21-19(22-12-15)26(2)3/h4-9,11-12H,10H2,1-3H3,(H,23,24,25). The molecule has 0 amide bonds. The summed E-state index contributed by atoms with van der Waals surface area (Å²) in [5.74, 6) is 3.09. The number of benzene rings is 1. The molecule has 0 spiro atoms. The largest absolute Gasteiger partial charge is 0.347 e. The number of anilines is 1. The molecule has 3 aromatic heterocycles. The molecule has 0 aliphatic heterocycles. The first-order chi connectivity index (χ1) is 13.1. The number of imidazole rings is 1. The lowest BCUT2D eigenvalue weighted by atomic mass is 10.1. The van der Waals surface area contributed by atoms with E-state index in [1.54, 1.807) is 18.6 Å². The maximum atomic E-state index is 4.48. The number of hydrogen-bond donors (Lipinski definition) is 1. The van der Waals surface area contributed by atoms with E-state index in [-0.39, 0.29) is 0 Å². The van der Waals surface area contributed by atoms with E-state index in [0.717, 1.165) is 34.3 Å². The van der Waals surface area contributed by atoms with Gasteiger partial charge in [-0.1, -0.05) is 12.1 Å². The van der Waals surface area contributed by atoms with Crippen LogP contribution in [0.15, 0.2) is 49.1 Å². The van der Waals surface area contributed by atoms with Crippen molar-refractivity contribution in [1.82, 2.24) is 34.7 Å². The van der Waals surface area contributed by atoms with Crippen molar-refractivity contribution >= 4 is 5.95 Å². The second-order valence-electron chi connectivity index (χ2n) is 6.47. The molecule has 0 atom stereocenters. The van der Waals surface area contributed by atoms with Crippen LogP contribution in [-0.2, 0) is 6.42 Å². The monoisotopic (exact) mass is 360 g/mol.